The van der Waals surface area contributed by atoms with Gasteiger partial charge in [-0.2, -0.15) is 0 Å². The summed E-state index contributed by atoms with van der Waals surface area (Å²) in [5, 5.41) is 1.02. The number of imidazole rings is 1. The number of thiazole rings is 1. The van der Waals surface area contributed by atoms with Gasteiger partial charge in [0, 0.05) is 11.4 Å². The van der Waals surface area contributed by atoms with Crippen LogP contribution in [0.3, 0.4) is 0 Å². The van der Waals surface area contributed by atoms with E-state index in [-0.39, 0.29) is 5.56 Å². The van der Waals surface area contributed by atoms with Gasteiger partial charge in [-0.1, -0.05) is 47.4 Å². The number of nitrogens with zero attached hydrogens (tertiary/aromatic N) is 3. The Morgan fingerprint density at radius 2 is 1.88 bits per heavy atom. The number of benzene rings is 2. The number of para-hydroxylation sites is 3. The Morgan fingerprint density at radius 1 is 1.08 bits per heavy atom. The van der Waals surface area contributed by atoms with Gasteiger partial charge in [0.15, 0.2) is 4.96 Å². The summed E-state index contributed by atoms with van der Waals surface area (Å²) in [5.41, 5.74) is 2.95. The largest absolute Gasteiger partial charge is 0.334 e. The maximum absolute atomic E-state index is 13.1. The smallest absolute Gasteiger partial charge is 0.277 e. The van der Waals surface area contributed by atoms with Crippen molar-refractivity contribution in [2.75, 3.05) is 11.4 Å². The zero-order valence-electron chi connectivity index (χ0n) is 12.9. The minimum atomic E-state index is 0.0254. The van der Waals surface area contributed by atoms with Crippen LogP contribution in [0.1, 0.15) is 6.92 Å². The molecular formula is C18H13N3OS2. The van der Waals surface area contributed by atoms with Crippen LogP contribution in [-0.2, 0) is 0 Å². The lowest BCUT2D eigenvalue weighted by Gasteiger charge is -2.16. The topological polar surface area (TPSA) is 37.6 Å². The van der Waals surface area contributed by atoms with E-state index in [1.54, 1.807) is 16.2 Å². The molecule has 3 heterocycles. The van der Waals surface area contributed by atoms with Crippen molar-refractivity contribution in [1.82, 2.24) is 9.38 Å². The van der Waals surface area contributed by atoms with Crippen molar-refractivity contribution < 1.29 is 0 Å². The normalized spacial score (nSPS) is 16.3. The molecule has 1 aliphatic heterocycles. The second kappa shape index (κ2) is 5.09. The third-order valence-corrected chi connectivity index (χ3v) is 6.58. The van der Waals surface area contributed by atoms with Gasteiger partial charge >= 0.3 is 0 Å². The monoisotopic (exact) mass is 351 g/mol. The highest BCUT2D eigenvalue weighted by atomic mass is 32.2. The van der Waals surface area contributed by atoms with Crippen LogP contribution >= 0.6 is 23.1 Å². The van der Waals surface area contributed by atoms with Crippen LogP contribution in [0.2, 0.25) is 0 Å². The molecule has 0 bridgehead atoms. The first-order valence-corrected chi connectivity index (χ1v) is 9.40. The molecule has 2 aromatic carbocycles. The molecule has 0 saturated heterocycles. The van der Waals surface area contributed by atoms with Gasteiger partial charge in [0.05, 0.1) is 16.7 Å². The number of thioether (sulfide) groups is 1. The Balaban J connectivity index is 1.85. The van der Waals surface area contributed by atoms with E-state index in [0.29, 0.717) is 0 Å². The van der Waals surface area contributed by atoms with Gasteiger partial charge in [-0.05, 0) is 31.2 Å². The number of rotatable bonds is 1. The predicted molar refractivity (Wildman–Crippen MR) is 101 cm³/mol. The van der Waals surface area contributed by atoms with Crippen molar-refractivity contribution >= 4 is 49.8 Å². The molecule has 4 nitrogen and oxygen atoms in total. The summed E-state index contributed by atoms with van der Waals surface area (Å²) in [6.45, 7) is 2.95. The van der Waals surface area contributed by atoms with Crippen LogP contribution in [0.15, 0.2) is 58.2 Å². The summed E-state index contributed by atoms with van der Waals surface area (Å²) in [7, 11) is 0. The molecule has 0 N–H and O–H groups in total. The van der Waals surface area contributed by atoms with Gasteiger partial charge in [0.1, 0.15) is 9.56 Å². The molecule has 1 aliphatic rings. The summed E-state index contributed by atoms with van der Waals surface area (Å²) in [6.07, 6.45) is 0. The summed E-state index contributed by atoms with van der Waals surface area (Å²) in [4.78, 5) is 21.9. The summed E-state index contributed by atoms with van der Waals surface area (Å²) in [5.74, 6) is 0. The van der Waals surface area contributed by atoms with Crippen molar-refractivity contribution in [1.29, 1.82) is 0 Å². The third-order valence-electron chi connectivity index (χ3n) is 4.24. The fraction of sp³-hybridized carbons (Fsp3) is 0.111. The van der Waals surface area contributed by atoms with E-state index in [4.69, 9.17) is 0 Å². The maximum Gasteiger partial charge on any atom is 0.277 e. The first kappa shape index (κ1) is 14.1. The molecule has 0 aliphatic carbocycles. The zero-order valence-corrected chi connectivity index (χ0v) is 14.5. The lowest BCUT2D eigenvalue weighted by atomic mass is 10.3. The van der Waals surface area contributed by atoms with E-state index in [9.17, 15) is 4.79 Å². The quantitative estimate of drug-likeness (QED) is 0.527. The Kier molecular flexibility index (Phi) is 2.98. The summed E-state index contributed by atoms with van der Waals surface area (Å²) >= 11 is 3.15. The highest BCUT2D eigenvalue weighted by molar-refractivity contribution is 8.08. The highest BCUT2D eigenvalue weighted by Gasteiger charge is 2.26. The fourth-order valence-electron chi connectivity index (χ4n) is 3.16. The predicted octanol–water partition coefficient (Wildman–Crippen LogP) is 3.33. The van der Waals surface area contributed by atoms with Crippen molar-refractivity contribution in [2.45, 2.75) is 11.8 Å². The van der Waals surface area contributed by atoms with Crippen molar-refractivity contribution in [3.8, 4) is 0 Å². The first-order valence-electron chi connectivity index (χ1n) is 7.76. The minimum absolute atomic E-state index is 0.0254. The lowest BCUT2D eigenvalue weighted by Crippen LogP contribution is -2.30. The Bertz CT molecular complexity index is 1210. The van der Waals surface area contributed by atoms with E-state index in [1.165, 1.54) is 21.9 Å². The van der Waals surface area contributed by atoms with Crippen LogP contribution in [0.4, 0.5) is 5.69 Å². The van der Waals surface area contributed by atoms with Crippen molar-refractivity contribution in [3.05, 3.63) is 63.4 Å². The van der Waals surface area contributed by atoms with E-state index in [0.717, 1.165) is 32.1 Å². The summed E-state index contributed by atoms with van der Waals surface area (Å²) < 4.78 is 2.51. The molecule has 5 rings (SSSR count). The molecule has 0 spiro atoms. The van der Waals surface area contributed by atoms with Crippen LogP contribution in [0.25, 0.3) is 21.0 Å². The average molecular weight is 351 g/mol. The molecular weight excluding hydrogens is 338 g/mol. The zero-order chi connectivity index (χ0) is 16.3. The van der Waals surface area contributed by atoms with Crippen LogP contribution < -0.4 is 15.0 Å². The second-order valence-electron chi connectivity index (χ2n) is 5.57. The highest BCUT2D eigenvalue weighted by Crippen LogP contribution is 2.45. The number of anilines is 1. The fourth-order valence-corrected chi connectivity index (χ4v) is 5.54. The van der Waals surface area contributed by atoms with Crippen molar-refractivity contribution in [3.63, 3.8) is 0 Å². The van der Waals surface area contributed by atoms with E-state index >= 15 is 0 Å². The molecule has 0 radical (unpaired) electrons. The molecule has 0 atom stereocenters. The molecule has 6 heteroatoms. The van der Waals surface area contributed by atoms with Gasteiger partial charge in [0.2, 0.25) is 0 Å². The second-order valence-corrected chi connectivity index (χ2v) is 7.58. The minimum Gasteiger partial charge on any atom is -0.334 e. The third kappa shape index (κ3) is 1.81. The Hall–Kier alpha value is -2.31. The molecule has 4 aromatic rings. The summed E-state index contributed by atoms with van der Waals surface area (Å²) in [6, 6.07) is 16.1. The van der Waals surface area contributed by atoms with Gasteiger partial charge in [-0.25, -0.2) is 9.38 Å². The standard InChI is InChI=1S/C18H13N3OS2/c1-2-20-13-9-5-6-10-14(13)23-17(20)15-16(22)21-12-8-4-3-7-11(12)19-18(21)24-15/h3-10H,2H2,1H3. The first-order chi connectivity index (χ1) is 11.8. The Morgan fingerprint density at radius 3 is 2.75 bits per heavy atom. The van der Waals surface area contributed by atoms with Gasteiger partial charge in [-0.3, -0.25) is 4.79 Å². The molecule has 24 heavy (non-hydrogen) atoms. The van der Waals surface area contributed by atoms with Gasteiger partial charge in [0.25, 0.3) is 5.56 Å². The van der Waals surface area contributed by atoms with Gasteiger partial charge in [-0.15, -0.1) is 0 Å². The maximum atomic E-state index is 13.1. The van der Waals surface area contributed by atoms with Crippen LogP contribution in [-0.4, -0.2) is 15.9 Å². The van der Waals surface area contributed by atoms with E-state index < -0.39 is 0 Å². The Labute approximate surface area is 146 Å². The molecule has 2 aromatic heterocycles. The average Bonchev–Trinajstić information content (AvgIpc) is 3.24. The van der Waals surface area contributed by atoms with Crippen molar-refractivity contribution in [2.24, 2.45) is 0 Å². The molecule has 0 saturated carbocycles. The van der Waals surface area contributed by atoms with Crippen LogP contribution in [0.5, 0.6) is 0 Å². The van der Waals surface area contributed by atoms with Gasteiger partial charge < -0.3 is 4.90 Å². The SMILES string of the molecule is CCN1C(=c2sc3nc4ccccc4n3c2=O)Sc2ccccc21. The number of hydrogen-bond acceptors (Lipinski definition) is 5. The number of fused-ring (bicyclic) bond motifs is 4. The molecule has 0 unspecified atom stereocenters. The molecule has 118 valence electrons. The molecule has 0 fully saturated rings. The number of hydrogen-bond donors (Lipinski definition) is 0. The lowest BCUT2D eigenvalue weighted by molar-refractivity contribution is 1.04. The molecule has 0 amide bonds. The van der Waals surface area contributed by atoms with E-state index in [2.05, 4.69) is 28.9 Å². The van der Waals surface area contributed by atoms with E-state index in [1.807, 2.05) is 36.4 Å². The van der Waals surface area contributed by atoms with Crippen LogP contribution in [0, 0.1) is 0 Å². The number of aromatic nitrogens is 2.